The minimum Gasteiger partial charge on any atom is -0.384 e. The van der Waals surface area contributed by atoms with E-state index in [1.807, 2.05) is 0 Å². The predicted octanol–water partition coefficient (Wildman–Crippen LogP) is 5.59. The fraction of sp³-hybridized carbons (Fsp3) is 0.783. The molecule has 2 unspecified atom stereocenters. The third-order valence-corrected chi connectivity index (χ3v) is 9.04. The molecule has 0 saturated carbocycles. The minimum absolute atomic E-state index is 0.0304. The fourth-order valence-electron chi connectivity index (χ4n) is 4.01. The molecule has 30 heavy (non-hydrogen) atoms. The molecule has 0 saturated heterocycles. The van der Waals surface area contributed by atoms with Gasteiger partial charge in [0.15, 0.2) is 14.6 Å². The maximum absolute atomic E-state index is 13.1. The Labute approximate surface area is 189 Å². The van der Waals surface area contributed by atoms with Gasteiger partial charge < -0.3 is 11.6 Å². The summed E-state index contributed by atoms with van der Waals surface area (Å²) in [5.74, 6) is 5.18. The number of nitrogens with zero attached hydrogens (tertiary/aromatic N) is 1. The first-order valence-electron chi connectivity index (χ1n) is 11.7. The highest BCUT2D eigenvalue weighted by Gasteiger charge is 2.50. The molecule has 5 nitrogen and oxygen atoms in total. The highest BCUT2D eigenvalue weighted by molar-refractivity contribution is 7.94. The number of amidine groups is 1. The summed E-state index contributed by atoms with van der Waals surface area (Å²) in [4.78, 5) is 0. The molecule has 0 spiro atoms. The van der Waals surface area contributed by atoms with E-state index in [1.165, 1.54) is 70.3 Å². The quantitative estimate of drug-likeness (QED) is 0.0739. The number of sulfone groups is 1. The summed E-state index contributed by atoms with van der Waals surface area (Å²) >= 11 is 6.33. The molecule has 0 amide bonds. The summed E-state index contributed by atoms with van der Waals surface area (Å²) < 4.78 is 24.6. The van der Waals surface area contributed by atoms with Crippen LogP contribution in [0.1, 0.15) is 96.8 Å². The number of alkyl halides is 1. The molecule has 0 aromatic rings. The molecule has 0 aliphatic heterocycles. The molecular formula is C23H42ClN3O2S. The Bertz CT molecular complexity index is 661. The number of hydrogen-bond acceptors (Lipinski definition) is 4. The Hall–Kier alpha value is -1.01. The van der Waals surface area contributed by atoms with Crippen LogP contribution in [0.3, 0.4) is 0 Å². The molecule has 174 valence electrons. The van der Waals surface area contributed by atoms with Crippen LogP contribution >= 0.6 is 11.6 Å². The maximum atomic E-state index is 13.1. The lowest BCUT2D eigenvalue weighted by Crippen LogP contribution is -2.56. The van der Waals surface area contributed by atoms with Gasteiger partial charge in [0.05, 0.1) is 11.1 Å². The number of hydrogen-bond donors (Lipinski definition) is 2. The number of allylic oxidation sites excluding steroid dienone is 3. The number of hydrazone groups is 1. The lowest BCUT2D eigenvalue weighted by molar-refractivity contribution is 0.536. The standard InChI is InChI=1S/C23H42ClN3O2S/c1-2-3-4-5-6-7-8-9-10-11-12-13-14-17-20-30(28,29)23(22(25)27-26)19-16-15-18-21(23)24/h15-16,18-19,21H,2-14,17,20,26H2,1H3,(H2,25,27). The van der Waals surface area contributed by atoms with Gasteiger partial charge in [0.2, 0.25) is 0 Å². The number of rotatable bonds is 17. The molecular weight excluding hydrogens is 418 g/mol. The Kier molecular flexibility index (Phi) is 13.4. The topological polar surface area (TPSA) is 98.5 Å². The summed E-state index contributed by atoms with van der Waals surface area (Å²) in [7, 11) is -3.63. The van der Waals surface area contributed by atoms with E-state index in [1.54, 1.807) is 18.2 Å². The molecule has 0 aromatic carbocycles. The van der Waals surface area contributed by atoms with Crippen LogP contribution in [0.15, 0.2) is 29.4 Å². The predicted molar refractivity (Wildman–Crippen MR) is 131 cm³/mol. The molecule has 1 rings (SSSR count). The van der Waals surface area contributed by atoms with Crippen LogP contribution in [0.5, 0.6) is 0 Å². The van der Waals surface area contributed by atoms with Crippen molar-refractivity contribution in [3.8, 4) is 0 Å². The van der Waals surface area contributed by atoms with Crippen molar-refractivity contribution >= 4 is 27.3 Å². The van der Waals surface area contributed by atoms with Gasteiger partial charge in [-0.15, -0.1) is 11.6 Å². The summed E-state index contributed by atoms with van der Waals surface area (Å²) in [6, 6.07) is 0. The van der Waals surface area contributed by atoms with Gasteiger partial charge in [-0.1, -0.05) is 115 Å². The van der Waals surface area contributed by atoms with Crippen LogP contribution in [0.2, 0.25) is 0 Å². The second-order valence-corrected chi connectivity index (χ2v) is 11.2. The first kappa shape index (κ1) is 27.0. The monoisotopic (exact) mass is 459 g/mol. The van der Waals surface area contributed by atoms with Crippen LogP contribution < -0.4 is 11.6 Å². The zero-order valence-corrected chi connectivity index (χ0v) is 20.3. The van der Waals surface area contributed by atoms with Crippen molar-refractivity contribution in [2.75, 3.05) is 5.75 Å². The van der Waals surface area contributed by atoms with Gasteiger partial charge in [0, 0.05) is 0 Å². The maximum Gasteiger partial charge on any atom is 0.169 e. The summed E-state index contributed by atoms with van der Waals surface area (Å²) in [6.07, 6.45) is 23.6. The van der Waals surface area contributed by atoms with Crippen molar-refractivity contribution in [3.63, 3.8) is 0 Å². The number of nitrogens with two attached hydrogens (primary N) is 2. The van der Waals surface area contributed by atoms with Crippen molar-refractivity contribution in [1.82, 2.24) is 0 Å². The van der Waals surface area contributed by atoms with Gasteiger partial charge in [-0.05, 0) is 6.42 Å². The average molecular weight is 460 g/mol. The van der Waals surface area contributed by atoms with Crippen LogP contribution in [0.25, 0.3) is 0 Å². The van der Waals surface area contributed by atoms with Crippen molar-refractivity contribution in [2.24, 2.45) is 16.7 Å². The minimum atomic E-state index is -3.63. The highest BCUT2D eigenvalue weighted by atomic mass is 35.5. The van der Waals surface area contributed by atoms with E-state index in [0.717, 1.165) is 19.3 Å². The highest BCUT2D eigenvalue weighted by Crippen LogP contribution is 2.33. The van der Waals surface area contributed by atoms with Gasteiger partial charge in [0.25, 0.3) is 0 Å². The zero-order valence-electron chi connectivity index (χ0n) is 18.7. The molecule has 0 aromatic heterocycles. The second-order valence-electron chi connectivity index (χ2n) is 8.37. The molecule has 2 atom stereocenters. The van der Waals surface area contributed by atoms with Gasteiger partial charge in [0.1, 0.15) is 5.84 Å². The van der Waals surface area contributed by atoms with Crippen LogP contribution in [0, 0.1) is 0 Å². The lowest BCUT2D eigenvalue weighted by Gasteiger charge is -2.33. The van der Waals surface area contributed by atoms with Crippen LogP contribution in [0.4, 0.5) is 0 Å². The van der Waals surface area contributed by atoms with Crippen molar-refractivity contribution < 1.29 is 8.42 Å². The normalized spacial score (nSPS) is 21.9. The molecule has 0 radical (unpaired) electrons. The van der Waals surface area contributed by atoms with Gasteiger partial charge in [-0.25, -0.2) is 8.42 Å². The van der Waals surface area contributed by atoms with Crippen molar-refractivity contribution in [1.29, 1.82) is 0 Å². The molecule has 0 fully saturated rings. The van der Waals surface area contributed by atoms with E-state index in [0.29, 0.717) is 6.42 Å². The second kappa shape index (κ2) is 14.9. The van der Waals surface area contributed by atoms with E-state index in [9.17, 15) is 8.42 Å². The summed E-state index contributed by atoms with van der Waals surface area (Å²) in [6.45, 7) is 2.25. The first-order chi connectivity index (χ1) is 14.4. The van der Waals surface area contributed by atoms with Gasteiger partial charge in [-0.3, -0.25) is 0 Å². The van der Waals surface area contributed by atoms with E-state index >= 15 is 0 Å². The summed E-state index contributed by atoms with van der Waals surface area (Å²) in [5, 5.41) is 2.65. The first-order valence-corrected chi connectivity index (χ1v) is 13.8. The Balaban J connectivity index is 2.21. The van der Waals surface area contributed by atoms with E-state index in [-0.39, 0.29) is 11.6 Å². The Morgan fingerprint density at radius 2 is 1.37 bits per heavy atom. The van der Waals surface area contributed by atoms with Crippen molar-refractivity contribution in [2.45, 2.75) is 107 Å². The van der Waals surface area contributed by atoms with E-state index in [4.69, 9.17) is 23.2 Å². The fourth-order valence-corrected chi connectivity index (χ4v) is 6.69. The molecule has 0 heterocycles. The molecule has 7 heteroatoms. The van der Waals surface area contributed by atoms with Gasteiger partial charge >= 0.3 is 0 Å². The summed E-state index contributed by atoms with van der Waals surface area (Å²) in [5.41, 5.74) is 5.89. The Morgan fingerprint density at radius 3 is 1.80 bits per heavy atom. The number of unbranched alkanes of at least 4 members (excludes halogenated alkanes) is 13. The molecule has 1 aliphatic rings. The van der Waals surface area contributed by atoms with E-state index in [2.05, 4.69) is 12.0 Å². The van der Waals surface area contributed by atoms with Crippen LogP contribution in [-0.4, -0.2) is 30.1 Å². The van der Waals surface area contributed by atoms with Crippen molar-refractivity contribution in [3.05, 3.63) is 24.3 Å². The smallest absolute Gasteiger partial charge is 0.169 e. The van der Waals surface area contributed by atoms with Crippen LogP contribution in [-0.2, 0) is 9.84 Å². The average Bonchev–Trinajstić information content (AvgIpc) is 2.73. The molecule has 4 N–H and O–H groups in total. The SMILES string of the molecule is CCCCCCCCCCCCCCCCS(=O)(=O)C1(C(N)=NN)C=CC=CC1Cl. The largest absolute Gasteiger partial charge is 0.384 e. The third-order valence-electron chi connectivity index (χ3n) is 5.97. The Morgan fingerprint density at radius 1 is 0.900 bits per heavy atom. The number of halogens is 1. The molecule has 1 aliphatic carbocycles. The lowest BCUT2D eigenvalue weighted by atomic mass is 9.98. The van der Waals surface area contributed by atoms with E-state index < -0.39 is 20.0 Å². The zero-order chi connectivity index (χ0) is 22.3. The molecule has 0 bridgehead atoms. The van der Waals surface area contributed by atoms with Gasteiger partial charge in [-0.2, -0.15) is 5.10 Å². The third kappa shape index (κ3) is 8.26.